The van der Waals surface area contributed by atoms with Crippen LogP contribution in [0.5, 0.6) is 0 Å². The maximum atomic E-state index is 11.8. The van der Waals surface area contributed by atoms with Gasteiger partial charge in [-0.05, 0) is 30.3 Å². The molecule has 1 N–H and O–H groups in total. The molecule has 0 aromatic carbocycles. The highest BCUT2D eigenvalue weighted by molar-refractivity contribution is 5.87. The van der Waals surface area contributed by atoms with E-state index >= 15 is 0 Å². The molecule has 1 rings (SSSR count). The smallest absolute Gasteiger partial charge is 0.139 e. The predicted molar refractivity (Wildman–Crippen MR) is 66.2 cm³/mol. The van der Waals surface area contributed by atoms with Crippen molar-refractivity contribution < 1.29 is 9.90 Å². The first-order chi connectivity index (χ1) is 7.37. The van der Waals surface area contributed by atoms with Gasteiger partial charge in [-0.2, -0.15) is 0 Å². The Kier molecular flexibility index (Phi) is 3.95. The van der Waals surface area contributed by atoms with Crippen molar-refractivity contribution in [1.29, 1.82) is 0 Å². The summed E-state index contributed by atoms with van der Waals surface area (Å²) in [6, 6.07) is 0. The number of carbonyl (C=O) groups is 1. The maximum absolute atomic E-state index is 11.8. The van der Waals surface area contributed by atoms with E-state index in [0.29, 0.717) is 12.2 Å². The van der Waals surface area contributed by atoms with Crippen LogP contribution < -0.4 is 0 Å². The Labute approximate surface area is 98.7 Å². The molecule has 1 atom stereocenters. The third-order valence-electron chi connectivity index (χ3n) is 4.61. The lowest BCUT2D eigenvalue weighted by Gasteiger charge is -2.36. The van der Waals surface area contributed by atoms with Crippen molar-refractivity contribution in [1.82, 2.24) is 0 Å². The van der Waals surface area contributed by atoms with Gasteiger partial charge in [0.25, 0.3) is 0 Å². The number of carbonyl (C=O) groups excluding carboxylic acids is 1. The molecule has 1 aliphatic rings. The first kappa shape index (κ1) is 13.4. The van der Waals surface area contributed by atoms with Gasteiger partial charge >= 0.3 is 0 Å². The Morgan fingerprint density at radius 1 is 1.44 bits per heavy atom. The van der Waals surface area contributed by atoms with Crippen LogP contribution in [0.25, 0.3) is 0 Å². The molecule has 0 aliphatic heterocycles. The number of aliphatic hydroxyl groups excluding tert-OH is 1. The van der Waals surface area contributed by atoms with E-state index in [1.54, 1.807) is 0 Å². The zero-order chi connectivity index (χ0) is 12.4. The molecular weight excluding hydrogens is 200 g/mol. The second-order valence-corrected chi connectivity index (χ2v) is 5.69. The van der Waals surface area contributed by atoms with E-state index in [4.69, 9.17) is 5.11 Å². The SMILES string of the molecule is CC/C(=C\CC1(C)CCC(=O)C1(C)C)CO. The lowest BCUT2D eigenvalue weighted by atomic mass is 9.67. The predicted octanol–water partition coefficient (Wildman–Crippen LogP) is 3.10. The van der Waals surface area contributed by atoms with Crippen LogP contribution in [0.3, 0.4) is 0 Å². The summed E-state index contributed by atoms with van der Waals surface area (Å²) >= 11 is 0. The molecular formula is C14H24O2. The fraction of sp³-hybridized carbons (Fsp3) is 0.786. The molecule has 1 unspecified atom stereocenters. The highest BCUT2D eigenvalue weighted by Crippen LogP contribution is 2.52. The van der Waals surface area contributed by atoms with E-state index in [0.717, 1.165) is 24.8 Å². The van der Waals surface area contributed by atoms with E-state index in [2.05, 4.69) is 33.8 Å². The molecule has 1 fully saturated rings. The number of hydrogen-bond acceptors (Lipinski definition) is 2. The molecule has 1 aliphatic carbocycles. The number of allylic oxidation sites excluding steroid dienone is 1. The van der Waals surface area contributed by atoms with Gasteiger partial charge in [0.15, 0.2) is 0 Å². The lowest BCUT2D eigenvalue weighted by Crippen LogP contribution is -2.34. The minimum atomic E-state index is -0.224. The summed E-state index contributed by atoms with van der Waals surface area (Å²) in [5.74, 6) is 0.380. The first-order valence-corrected chi connectivity index (χ1v) is 6.19. The summed E-state index contributed by atoms with van der Waals surface area (Å²) in [7, 11) is 0. The van der Waals surface area contributed by atoms with Crippen LogP contribution in [-0.4, -0.2) is 17.5 Å². The largest absolute Gasteiger partial charge is 0.392 e. The minimum absolute atomic E-state index is 0.0552. The van der Waals surface area contributed by atoms with Gasteiger partial charge in [-0.25, -0.2) is 0 Å². The average Bonchev–Trinajstić information content (AvgIpc) is 2.44. The molecule has 0 radical (unpaired) electrons. The molecule has 0 heterocycles. The van der Waals surface area contributed by atoms with E-state index in [9.17, 15) is 4.79 Å². The van der Waals surface area contributed by atoms with Crippen molar-refractivity contribution in [3.8, 4) is 0 Å². The quantitative estimate of drug-likeness (QED) is 0.745. The second kappa shape index (κ2) is 4.70. The molecule has 0 bridgehead atoms. The number of ketones is 1. The van der Waals surface area contributed by atoms with Gasteiger partial charge in [0.2, 0.25) is 0 Å². The third-order valence-corrected chi connectivity index (χ3v) is 4.61. The van der Waals surface area contributed by atoms with E-state index in [-0.39, 0.29) is 17.4 Å². The fourth-order valence-corrected chi connectivity index (χ4v) is 2.40. The van der Waals surface area contributed by atoms with Crippen molar-refractivity contribution in [2.75, 3.05) is 6.61 Å². The molecule has 16 heavy (non-hydrogen) atoms. The van der Waals surface area contributed by atoms with Crippen LogP contribution in [0.4, 0.5) is 0 Å². The van der Waals surface area contributed by atoms with Crippen molar-refractivity contribution in [3.63, 3.8) is 0 Å². The van der Waals surface area contributed by atoms with Crippen LogP contribution in [0.15, 0.2) is 11.6 Å². The summed E-state index contributed by atoms with van der Waals surface area (Å²) in [5.41, 5.74) is 0.911. The van der Waals surface area contributed by atoms with Gasteiger partial charge in [-0.1, -0.05) is 33.8 Å². The van der Waals surface area contributed by atoms with E-state index in [1.165, 1.54) is 0 Å². The molecule has 2 nitrogen and oxygen atoms in total. The van der Waals surface area contributed by atoms with Gasteiger partial charge in [0.05, 0.1) is 6.61 Å². The summed E-state index contributed by atoms with van der Waals surface area (Å²) in [4.78, 5) is 11.8. The summed E-state index contributed by atoms with van der Waals surface area (Å²) in [6.45, 7) is 8.50. The highest BCUT2D eigenvalue weighted by Gasteiger charge is 2.50. The minimum Gasteiger partial charge on any atom is -0.392 e. The number of Topliss-reactive ketones (excluding diaryl/α,β-unsaturated/α-hetero) is 1. The summed E-state index contributed by atoms with van der Waals surface area (Å²) < 4.78 is 0. The number of aliphatic hydroxyl groups is 1. The third kappa shape index (κ3) is 2.22. The van der Waals surface area contributed by atoms with Crippen LogP contribution in [0.2, 0.25) is 0 Å². The molecule has 2 heteroatoms. The van der Waals surface area contributed by atoms with Crippen molar-refractivity contribution in [2.24, 2.45) is 10.8 Å². The molecule has 0 saturated heterocycles. The molecule has 0 amide bonds. The monoisotopic (exact) mass is 224 g/mol. The molecule has 0 aromatic heterocycles. The van der Waals surface area contributed by atoms with Gasteiger partial charge in [-0.15, -0.1) is 0 Å². The Balaban J connectivity index is 2.80. The lowest BCUT2D eigenvalue weighted by molar-refractivity contribution is -0.127. The molecule has 1 saturated carbocycles. The van der Waals surface area contributed by atoms with E-state index in [1.807, 2.05) is 0 Å². The van der Waals surface area contributed by atoms with Crippen molar-refractivity contribution in [3.05, 3.63) is 11.6 Å². The normalized spacial score (nSPS) is 29.8. The fourth-order valence-electron chi connectivity index (χ4n) is 2.40. The molecule has 0 aromatic rings. The van der Waals surface area contributed by atoms with Gasteiger partial charge < -0.3 is 5.11 Å². The molecule has 92 valence electrons. The van der Waals surface area contributed by atoms with Crippen molar-refractivity contribution >= 4 is 5.78 Å². The molecule has 0 spiro atoms. The van der Waals surface area contributed by atoms with Crippen LogP contribution in [0, 0.1) is 10.8 Å². The Hall–Kier alpha value is -0.630. The Morgan fingerprint density at radius 3 is 2.44 bits per heavy atom. The first-order valence-electron chi connectivity index (χ1n) is 6.19. The summed E-state index contributed by atoms with van der Waals surface area (Å²) in [5, 5.41) is 9.13. The topological polar surface area (TPSA) is 37.3 Å². The van der Waals surface area contributed by atoms with Gasteiger partial charge in [0, 0.05) is 11.8 Å². The average molecular weight is 224 g/mol. The van der Waals surface area contributed by atoms with Crippen LogP contribution in [0.1, 0.15) is 53.4 Å². The van der Waals surface area contributed by atoms with Gasteiger partial charge in [-0.3, -0.25) is 4.79 Å². The highest BCUT2D eigenvalue weighted by atomic mass is 16.3. The van der Waals surface area contributed by atoms with Crippen LogP contribution >= 0.6 is 0 Å². The standard InChI is InChI=1S/C14H24O2/c1-5-11(10-15)6-8-14(4)9-7-12(16)13(14,2)3/h6,15H,5,7-10H2,1-4H3/b11-6+. The summed E-state index contributed by atoms with van der Waals surface area (Å²) in [6.07, 6.45) is 5.59. The number of hydrogen-bond donors (Lipinski definition) is 1. The van der Waals surface area contributed by atoms with E-state index < -0.39 is 0 Å². The number of rotatable bonds is 4. The van der Waals surface area contributed by atoms with Crippen LogP contribution in [-0.2, 0) is 4.79 Å². The Bertz CT molecular complexity index is 296. The maximum Gasteiger partial charge on any atom is 0.139 e. The zero-order valence-electron chi connectivity index (χ0n) is 11.0. The Morgan fingerprint density at radius 2 is 2.06 bits per heavy atom. The zero-order valence-corrected chi connectivity index (χ0v) is 11.0. The second-order valence-electron chi connectivity index (χ2n) is 5.69. The van der Waals surface area contributed by atoms with Crippen molar-refractivity contribution in [2.45, 2.75) is 53.4 Å². The van der Waals surface area contributed by atoms with Gasteiger partial charge in [0.1, 0.15) is 5.78 Å².